The Morgan fingerprint density at radius 1 is 1.33 bits per heavy atom. The molecule has 1 aromatic heterocycles. The lowest BCUT2D eigenvalue weighted by Gasteiger charge is -2.08. The molecule has 0 spiro atoms. The number of hydrogen-bond donors (Lipinski definition) is 0. The SMILES string of the molecule is CCOC(=O)c1nn(-c2cc(F)cc(F)c2F)ccc1=O. The maximum absolute atomic E-state index is 13.7. The number of halogens is 3. The van der Waals surface area contributed by atoms with E-state index >= 15 is 0 Å². The van der Waals surface area contributed by atoms with E-state index in [-0.39, 0.29) is 6.61 Å². The topological polar surface area (TPSA) is 61.2 Å². The number of hydrogen-bond acceptors (Lipinski definition) is 4. The molecule has 0 saturated heterocycles. The standard InChI is InChI=1S/C13H9F3N2O3/c1-2-21-13(20)12-10(19)3-4-18(17-12)9-6-7(14)5-8(15)11(9)16/h3-6H,2H2,1H3. The molecule has 0 unspecified atom stereocenters. The molecule has 110 valence electrons. The maximum Gasteiger partial charge on any atom is 0.362 e. The molecule has 0 radical (unpaired) electrons. The number of carbonyl (C=O) groups is 1. The van der Waals surface area contributed by atoms with Gasteiger partial charge in [-0.25, -0.2) is 22.6 Å². The zero-order valence-electron chi connectivity index (χ0n) is 10.8. The Kier molecular flexibility index (Phi) is 4.06. The predicted molar refractivity (Wildman–Crippen MR) is 65.7 cm³/mol. The third kappa shape index (κ3) is 2.93. The highest BCUT2D eigenvalue weighted by molar-refractivity contribution is 5.86. The van der Waals surface area contributed by atoms with Gasteiger partial charge in [-0.15, -0.1) is 0 Å². The Labute approximate surface area is 116 Å². The van der Waals surface area contributed by atoms with Crippen molar-refractivity contribution < 1.29 is 22.7 Å². The van der Waals surface area contributed by atoms with Crippen molar-refractivity contribution in [2.24, 2.45) is 0 Å². The van der Waals surface area contributed by atoms with Crippen LogP contribution in [0.3, 0.4) is 0 Å². The first-order chi connectivity index (χ1) is 9.93. The normalized spacial score (nSPS) is 10.5. The van der Waals surface area contributed by atoms with Gasteiger partial charge in [0.2, 0.25) is 11.1 Å². The first-order valence-electron chi connectivity index (χ1n) is 5.86. The number of esters is 1. The van der Waals surface area contributed by atoms with Gasteiger partial charge in [0.1, 0.15) is 11.5 Å². The Bertz CT molecular complexity index is 759. The average Bonchev–Trinajstić information content (AvgIpc) is 2.43. The van der Waals surface area contributed by atoms with E-state index in [1.165, 1.54) is 6.92 Å². The van der Waals surface area contributed by atoms with Crippen molar-refractivity contribution in [1.29, 1.82) is 0 Å². The van der Waals surface area contributed by atoms with E-state index < -0.39 is 40.2 Å². The second kappa shape index (κ2) is 5.78. The number of aromatic nitrogens is 2. The van der Waals surface area contributed by atoms with E-state index in [9.17, 15) is 22.8 Å². The molecule has 2 aromatic rings. The first kappa shape index (κ1) is 14.8. The van der Waals surface area contributed by atoms with Crippen LogP contribution in [0.4, 0.5) is 13.2 Å². The third-order valence-corrected chi connectivity index (χ3v) is 2.50. The molecule has 8 heteroatoms. The van der Waals surface area contributed by atoms with Crippen molar-refractivity contribution in [2.75, 3.05) is 6.61 Å². The van der Waals surface area contributed by atoms with Gasteiger partial charge < -0.3 is 4.74 Å². The second-order valence-corrected chi connectivity index (χ2v) is 3.91. The summed E-state index contributed by atoms with van der Waals surface area (Å²) in [6.07, 6.45) is 0.988. The monoisotopic (exact) mass is 298 g/mol. The zero-order valence-corrected chi connectivity index (χ0v) is 10.8. The fourth-order valence-corrected chi connectivity index (χ4v) is 1.59. The lowest BCUT2D eigenvalue weighted by Crippen LogP contribution is -2.22. The summed E-state index contributed by atoms with van der Waals surface area (Å²) in [5, 5.41) is 3.56. The molecule has 21 heavy (non-hydrogen) atoms. The highest BCUT2D eigenvalue weighted by Gasteiger charge is 2.17. The molecule has 0 atom stereocenters. The summed E-state index contributed by atoms with van der Waals surface area (Å²) in [6.45, 7) is 1.54. The summed E-state index contributed by atoms with van der Waals surface area (Å²) < 4.78 is 45.3. The number of benzene rings is 1. The fraction of sp³-hybridized carbons (Fsp3) is 0.154. The van der Waals surface area contributed by atoms with Gasteiger partial charge in [-0.3, -0.25) is 4.79 Å². The van der Waals surface area contributed by atoms with Crippen LogP contribution < -0.4 is 5.43 Å². The Morgan fingerprint density at radius 3 is 2.71 bits per heavy atom. The molecule has 0 fully saturated rings. The zero-order chi connectivity index (χ0) is 15.6. The van der Waals surface area contributed by atoms with E-state index in [1.807, 2.05) is 0 Å². The quantitative estimate of drug-likeness (QED) is 0.640. The lowest BCUT2D eigenvalue weighted by molar-refractivity contribution is 0.0515. The predicted octanol–water partition coefficient (Wildman–Crippen LogP) is 1.83. The van der Waals surface area contributed by atoms with Crippen LogP contribution in [-0.2, 0) is 4.74 Å². The van der Waals surface area contributed by atoms with Gasteiger partial charge in [0, 0.05) is 24.4 Å². The molecule has 1 aromatic carbocycles. The van der Waals surface area contributed by atoms with Crippen LogP contribution in [0.1, 0.15) is 17.4 Å². The molecule has 0 N–H and O–H groups in total. The summed E-state index contributed by atoms with van der Waals surface area (Å²) in [7, 11) is 0. The van der Waals surface area contributed by atoms with Crippen molar-refractivity contribution in [3.05, 3.63) is 57.8 Å². The van der Waals surface area contributed by atoms with Crippen LogP contribution in [0, 0.1) is 17.5 Å². The lowest BCUT2D eigenvalue weighted by atomic mass is 10.3. The van der Waals surface area contributed by atoms with Crippen molar-refractivity contribution in [3.63, 3.8) is 0 Å². The third-order valence-electron chi connectivity index (χ3n) is 2.50. The Hall–Kier alpha value is -2.64. The van der Waals surface area contributed by atoms with E-state index in [0.29, 0.717) is 16.8 Å². The summed E-state index contributed by atoms with van der Waals surface area (Å²) in [5.74, 6) is -4.80. The van der Waals surface area contributed by atoms with E-state index in [1.54, 1.807) is 0 Å². The van der Waals surface area contributed by atoms with Gasteiger partial charge in [-0.05, 0) is 6.92 Å². The molecular formula is C13H9F3N2O3. The van der Waals surface area contributed by atoms with Gasteiger partial charge in [-0.1, -0.05) is 0 Å². The largest absolute Gasteiger partial charge is 0.461 e. The number of ether oxygens (including phenoxy) is 1. The highest BCUT2D eigenvalue weighted by Crippen LogP contribution is 2.17. The van der Waals surface area contributed by atoms with Crippen molar-refractivity contribution in [2.45, 2.75) is 6.92 Å². The van der Waals surface area contributed by atoms with Crippen LogP contribution in [0.2, 0.25) is 0 Å². The Balaban J connectivity index is 2.59. The number of rotatable bonds is 3. The van der Waals surface area contributed by atoms with Crippen molar-refractivity contribution in [3.8, 4) is 5.69 Å². The minimum absolute atomic E-state index is 0.0117. The molecule has 0 bridgehead atoms. The van der Waals surface area contributed by atoms with Crippen LogP contribution in [-0.4, -0.2) is 22.4 Å². The molecular weight excluding hydrogens is 289 g/mol. The second-order valence-electron chi connectivity index (χ2n) is 3.91. The van der Waals surface area contributed by atoms with E-state index in [2.05, 4.69) is 9.84 Å². The van der Waals surface area contributed by atoms with Gasteiger partial charge in [0.15, 0.2) is 11.6 Å². The molecule has 0 aliphatic carbocycles. The smallest absolute Gasteiger partial charge is 0.362 e. The van der Waals surface area contributed by atoms with Gasteiger partial charge in [0.25, 0.3) is 0 Å². The van der Waals surface area contributed by atoms with E-state index in [0.717, 1.165) is 12.3 Å². The molecule has 0 aliphatic heterocycles. The van der Waals surface area contributed by atoms with Gasteiger partial charge in [-0.2, -0.15) is 5.10 Å². The minimum atomic E-state index is -1.41. The van der Waals surface area contributed by atoms with Crippen LogP contribution in [0.5, 0.6) is 0 Å². The first-order valence-corrected chi connectivity index (χ1v) is 5.86. The van der Waals surface area contributed by atoms with Crippen LogP contribution >= 0.6 is 0 Å². The summed E-state index contributed by atoms with van der Waals surface area (Å²) in [6, 6.07) is 1.97. The average molecular weight is 298 g/mol. The van der Waals surface area contributed by atoms with Gasteiger partial charge in [0.05, 0.1) is 6.61 Å². The summed E-state index contributed by atoms with van der Waals surface area (Å²) in [4.78, 5) is 23.0. The molecule has 5 nitrogen and oxygen atoms in total. The van der Waals surface area contributed by atoms with E-state index in [4.69, 9.17) is 0 Å². The molecule has 0 saturated carbocycles. The number of carbonyl (C=O) groups excluding carboxylic acids is 1. The molecule has 0 amide bonds. The Morgan fingerprint density at radius 2 is 2.05 bits per heavy atom. The highest BCUT2D eigenvalue weighted by atomic mass is 19.2. The van der Waals surface area contributed by atoms with Crippen LogP contribution in [0.25, 0.3) is 5.69 Å². The molecule has 1 heterocycles. The van der Waals surface area contributed by atoms with Crippen LogP contribution in [0.15, 0.2) is 29.2 Å². The van der Waals surface area contributed by atoms with Crippen molar-refractivity contribution >= 4 is 5.97 Å². The maximum atomic E-state index is 13.7. The van der Waals surface area contributed by atoms with Crippen molar-refractivity contribution in [1.82, 2.24) is 9.78 Å². The van der Waals surface area contributed by atoms with Gasteiger partial charge >= 0.3 is 5.97 Å². The molecule has 0 aliphatic rings. The summed E-state index contributed by atoms with van der Waals surface area (Å²) >= 11 is 0. The minimum Gasteiger partial charge on any atom is -0.461 e. The summed E-state index contributed by atoms with van der Waals surface area (Å²) in [5.41, 5.74) is -1.93. The molecule has 2 rings (SSSR count). The fourth-order valence-electron chi connectivity index (χ4n) is 1.59. The number of nitrogens with zero attached hydrogens (tertiary/aromatic N) is 2.